The lowest BCUT2D eigenvalue weighted by Gasteiger charge is -2.39. The molecule has 2 aromatic rings. The summed E-state index contributed by atoms with van der Waals surface area (Å²) in [6.45, 7) is 11.1. The zero-order valence-electron chi connectivity index (χ0n) is 18.4. The number of carbonyl (C=O) groups excluding carboxylic acids is 1. The maximum absolute atomic E-state index is 13.1. The van der Waals surface area contributed by atoms with Crippen LogP contribution in [0.3, 0.4) is 0 Å². The summed E-state index contributed by atoms with van der Waals surface area (Å²) in [4.78, 5) is 22.4. The van der Waals surface area contributed by atoms with Gasteiger partial charge in [-0.2, -0.15) is 0 Å². The van der Waals surface area contributed by atoms with Crippen molar-refractivity contribution >= 4 is 5.91 Å². The number of likely N-dealkylation sites (tertiary alicyclic amines) is 1. The number of carbonyl (C=O) groups is 1. The third-order valence-corrected chi connectivity index (χ3v) is 6.30. The van der Waals surface area contributed by atoms with Crippen molar-refractivity contribution in [1.29, 1.82) is 0 Å². The van der Waals surface area contributed by atoms with E-state index in [0.717, 1.165) is 68.1 Å². The first kappa shape index (κ1) is 21.0. The molecule has 5 nitrogen and oxygen atoms in total. The molecule has 5 heteroatoms. The second-order valence-corrected chi connectivity index (χ2v) is 8.91. The summed E-state index contributed by atoms with van der Waals surface area (Å²) < 4.78 is 5.85. The molecule has 1 aromatic heterocycles. The zero-order valence-corrected chi connectivity index (χ0v) is 18.4. The lowest BCUT2D eigenvalue weighted by Crippen LogP contribution is -2.48. The van der Waals surface area contributed by atoms with Crippen molar-refractivity contribution in [1.82, 2.24) is 14.8 Å². The van der Waals surface area contributed by atoms with E-state index in [-0.39, 0.29) is 5.91 Å². The number of amides is 1. The molecule has 0 N–H and O–H groups in total. The molecule has 2 unspecified atom stereocenters. The fraction of sp³-hybridized carbons (Fsp3) is 0.520. The summed E-state index contributed by atoms with van der Waals surface area (Å²) >= 11 is 0. The molecular formula is C25H33N3O2. The Balaban J connectivity index is 1.34. The average molecular weight is 408 g/mol. The summed E-state index contributed by atoms with van der Waals surface area (Å²) in [6, 6.07) is 14.0. The van der Waals surface area contributed by atoms with Crippen LogP contribution in [0.4, 0.5) is 0 Å². The minimum absolute atomic E-state index is 0.117. The largest absolute Gasteiger partial charge is 0.373 e. The van der Waals surface area contributed by atoms with E-state index in [0.29, 0.717) is 18.1 Å². The Bertz CT molecular complexity index is 852. The van der Waals surface area contributed by atoms with Crippen molar-refractivity contribution in [2.24, 2.45) is 5.92 Å². The second kappa shape index (κ2) is 9.27. The maximum atomic E-state index is 13.1. The number of nitrogens with zero attached hydrogens (tertiary/aromatic N) is 3. The van der Waals surface area contributed by atoms with Gasteiger partial charge < -0.3 is 9.64 Å². The lowest BCUT2D eigenvalue weighted by molar-refractivity contribution is -0.0728. The monoisotopic (exact) mass is 407 g/mol. The van der Waals surface area contributed by atoms with Gasteiger partial charge >= 0.3 is 0 Å². The Labute approximate surface area is 180 Å². The smallest absolute Gasteiger partial charge is 0.255 e. The molecule has 0 saturated carbocycles. The number of ether oxygens (including phenoxy) is 1. The van der Waals surface area contributed by atoms with Gasteiger partial charge in [0.15, 0.2) is 0 Å². The molecule has 0 radical (unpaired) electrons. The van der Waals surface area contributed by atoms with Crippen molar-refractivity contribution in [3.63, 3.8) is 0 Å². The van der Waals surface area contributed by atoms with Gasteiger partial charge in [0, 0.05) is 38.3 Å². The Kier molecular flexibility index (Phi) is 6.49. The van der Waals surface area contributed by atoms with Crippen LogP contribution in [0, 0.1) is 12.8 Å². The maximum Gasteiger partial charge on any atom is 0.255 e. The summed E-state index contributed by atoms with van der Waals surface area (Å²) in [7, 11) is 0. The van der Waals surface area contributed by atoms with Crippen molar-refractivity contribution in [2.75, 3.05) is 32.7 Å². The highest BCUT2D eigenvalue weighted by Gasteiger charge is 2.28. The van der Waals surface area contributed by atoms with E-state index in [2.05, 4.69) is 18.7 Å². The van der Waals surface area contributed by atoms with E-state index >= 15 is 0 Å². The number of aromatic nitrogens is 1. The molecule has 2 aliphatic heterocycles. The molecular weight excluding hydrogens is 374 g/mol. The van der Waals surface area contributed by atoms with Crippen LogP contribution < -0.4 is 0 Å². The minimum atomic E-state index is 0.117. The van der Waals surface area contributed by atoms with E-state index in [1.54, 1.807) is 0 Å². The number of hydrogen-bond acceptors (Lipinski definition) is 4. The number of benzene rings is 1. The lowest BCUT2D eigenvalue weighted by atomic mass is 9.95. The molecule has 2 atom stereocenters. The first-order chi connectivity index (χ1) is 14.5. The fourth-order valence-corrected chi connectivity index (χ4v) is 4.84. The van der Waals surface area contributed by atoms with Crippen molar-refractivity contribution in [2.45, 2.75) is 45.8 Å². The van der Waals surface area contributed by atoms with E-state index in [1.165, 1.54) is 0 Å². The van der Waals surface area contributed by atoms with Crippen molar-refractivity contribution in [3.8, 4) is 11.3 Å². The molecule has 2 aliphatic rings. The number of rotatable bonds is 4. The molecule has 0 aliphatic carbocycles. The predicted octanol–water partition coefficient (Wildman–Crippen LogP) is 4.02. The number of aryl methyl sites for hydroxylation is 1. The summed E-state index contributed by atoms with van der Waals surface area (Å²) in [6.07, 6.45) is 2.76. The Morgan fingerprint density at radius 2 is 1.70 bits per heavy atom. The SMILES string of the molecule is Cc1nc(-c2ccccc2)ccc1C(=O)N1CCC(CN2CC(C)OC(C)C2)CC1. The van der Waals surface area contributed by atoms with Crippen molar-refractivity contribution < 1.29 is 9.53 Å². The average Bonchev–Trinajstić information content (AvgIpc) is 2.74. The van der Waals surface area contributed by atoms with Crippen LogP contribution >= 0.6 is 0 Å². The van der Waals surface area contributed by atoms with E-state index < -0.39 is 0 Å². The van der Waals surface area contributed by atoms with Crippen LogP contribution in [0.25, 0.3) is 11.3 Å². The van der Waals surface area contributed by atoms with E-state index in [1.807, 2.05) is 54.3 Å². The molecule has 0 bridgehead atoms. The van der Waals surface area contributed by atoms with Crippen LogP contribution in [-0.2, 0) is 4.74 Å². The highest BCUT2D eigenvalue weighted by atomic mass is 16.5. The highest BCUT2D eigenvalue weighted by molar-refractivity contribution is 5.95. The van der Waals surface area contributed by atoms with Crippen LogP contribution in [-0.4, -0.2) is 65.6 Å². The van der Waals surface area contributed by atoms with Crippen molar-refractivity contribution in [3.05, 3.63) is 53.7 Å². The molecule has 30 heavy (non-hydrogen) atoms. The normalized spacial score (nSPS) is 23.5. The molecule has 4 rings (SSSR count). The van der Waals surface area contributed by atoms with Crippen LogP contribution in [0.15, 0.2) is 42.5 Å². The van der Waals surface area contributed by atoms with Gasteiger partial charge in [-0.3, -0.25) is 14.7 Å². The van der Waals surface area contributed by atoms with E-state index in [9.17, 15) is 4.79 Å². The van der Waals surface area contributed by atoms with Crippen LogP contribution in [0.2, 0.25) is 0 Å². The topological polar surface area (TPSA) is 45.7 Å². The van der Waals surface area contributed by atoms with Gasteiger partial charge in [0.05, 0.1) is 29.2 Å². The number of pyridine rings is 1. The first-order valence-electron chi connectivity index (χ1n) is 11.2. The van der Waals surface area contributed by atoms with Gasteiger partial charge in [-0.05, 0) is 51.7 Å². The number of morpholine rings is 1. The fourth-order valence-electron chi connectivity index (χ4n) is 4.84. The quantitative estimate of drug-likeness (QED) is 0.768. The summed E-state index contributed by atoms with van der Waals surface area (Å²) in [5.41, 5.74) is 3.52. The van der Waals surface area contributed by atoms with Gasteiger partial charge in [0.1, 0.15) is 0 Å². The Hall–Kier alpha value is -2.24. The third kappa shape index (κ3) is 4.90. The van der Waals surface area contributed by atoms with Gasteiger partial charge in [-0.1, -0.05) is 30.3 Å². The molecule has 2 saturated heterocycles. The highest BCUT2D eigenvalue weighted by Crippen LogP contribution is 2.24. The molecule has 3 heterocycles. The van der Waals surface area contributed by atoms with E-state index in [4.69, 9.17) is 9.72 Å². The first-order valence-corrected chi connectivity index (χ1v) is 11.2. The van der Waals surface area contributed by atoms with Gasteiger partial charge in [-0.15, -0.1) is 0 Å². The minimum Gasteiger partial charge on any atom is -0.373 e. The predicted molar refractivity (Wildman–Crippen MR) is 119 cm³/mol. The van der Waals surface area contributed by atoms with Gasteiger partial charge in [0.2, 0.25) is 0 Å². The Morgan fingerprint density at radius 1 is 1.03 bits per heavy atom. The van der Waals surface area contributed by atoms with Gasteiger partial charge in [0.25, 0.3) is 5.91 Å². The Morgan fingerprint density at radius 3 is 2.33 bits per heavy atom. The summed E-state index contributed by atoms with van der Waals surface area (Å²) in [5, 5.41) is 0. The molecule has 1 amide bonds. The third-order valence-electron chi connectivity index (χ3n) is 6.30. The molecule has 0 spiro atoms. The van der Waals surface area contributed by atoms with Crippen LogP contribution in [0.1, 0.15) is 42.7 Å². The molecule has 1 aromatic carbocycles. The standard InChI is InChI=1S/C25H33N3O2/c1-18-15-27(16-19(2)30-18)17-21-11-13-28(14-12-21)25(29)23-9-10-24(26-20(23)3)22-7-5-4-6-8-22/h4-10,18-19,21H,11-17H2,1-3H3. The zero-order chi connectivity index (χ0) is 21.1. The molecule has 160 valence electrons. The van der Waals surface area contributed by atoms with Crippen LogP contribution in [0.5, 0.6) is 0 Å². The van der Waals surface area contributed by atoms with Gasteiger partial charge in [-0.25, -0.2) is 0 Å². The molecule has 2 fully saturated rings. The summed E-state index contributed by atoms with van der Waals surface area (Å²) in [5.74, 6) is 0.776. The number of piperidine rings is 1. The number of hydrogen-bond donors (Lipinski definition) is 0. The second-order valence-electron chi connectivity index (χ2n) is 8.91.